The monoisotopic (exact) mass is 226 g/mol. The molecule has 0 spiro atoms. The average molecular weight is 226 g/mol. The quantitative estimate of drug-likeness (QED) is 0.663. The second-order valence-electron chi connectivity index (χ2n) is 5.94. The fourth-order valence-electron chi connectivity index (χ4n) is 4.38. The molecule has 88 valence electrons. The zero-order valence-electron chi connectivity index (χ0n) is 10.4. The molecule has 0 aromatic heterocycles. The Bertz CT molecular complexity index is 539. The third kappa shape index (κ3) is 1.13. The van der Waals surface area contributed by atoms with Crippen molar-refractivity contribution in [3.63, 3.8) is 0 Å². The first kappa shape index (κ1) is 9.87. The van der Waals surface area contributed by atoms with Crippen LogP contribution in [-0.2, 0) is 25.7 Å². The highest BCUT2D eigenvalue weighted by molar-refractivity contribution is 6.03. The number of benzene rings is 1. The minimum Gasteiger partial charge on any atom is -0.294 e. The summed E-state index contributed by atoms with van der Waals surface area (Å²) in [5.74, 6) is 0.913. The first-order chi connectivity index (χ1) is 8.27. The lowest BCUT2D eigenvalue weighted by Crippen LogP contribution is -2.04. The molecule has 0 N–H and O–H groups in total. The summed E-state index contributed by atoms with van der Waals surface area (Å²) in [5, 5.41) is 0. The van der Waals surface area contributed by atoms with E-state index < -0.39 is 0 Å². The van der Waals surface area contributed by atoms with Gasteiger partial charge in [0.05, 0.1) is 0 Å². The Labute approximate surface area is 102 Å². The molecule has 0 saturated heterocycles. The van der Waals surface area contributed by atoms with Crippen LogP contribution in [0.15, 0.2) is 0 Å². The Morgan fingerprint density at radius 3 is 2.24 bits per heavy atom. The predicted molar refractivity (Wildman–Crippen MR) is 67.9 cm³/mol. The van der Waals surface area contributed by atoms with Crippen LogP contribution >= 0.6 is 0 Å². The van der Waals surface area contributed by atoms with E-state index in [1.54, 1.807) is 16.7 Å². The van der Waals surface area contributed by atoms with Crippen LogP contribution in [0.1, 0.15) is 70.3 Å². The molecule has 0 aliphatic heterocycles. The van der Waals surface area contributed by atoms with Gasteiger partial charge < -0.3 is 0 Å². The molecular weight excluding hydrogens is 208 g/mol. The Morgan fingerprint density at radius 2 is 1.47 bits per heavy atom. The van der Waals surface area contributed by atoms with Gasteiger partial charge in [-0.3, -0.25) is 4.79 Å². The molecule has 1 aromatic carbocycles. The molecule has 0 fully saturated rings. The highest BCUT2D eigenvalue weighted by Gasteiger charge is 2.37. The molecule has 4 rings (SSSR count). The lowest BCUT2D eigenvalue weighted by atomic mass is 9.88. The molecule has 0 radical (unpaired) electrons. The van der Waals surface area contributed by atoms with Crippen molar-refractivity contribution in [3.05, 3.63) is 33.4 Å². The minimum absolute atomic E-state index is 0.431. The van der Waals surface area contributed by atoms with Crippen molar-refractivity contribution in [2.45, 2.75) is 57.8 Å². The summed E-state index contributed by atoms with van der Waals surface area (Å²) in [6, 6.07) is 0. The zero-order valence-corrected chi connectivity index (χ0v) is 10.4. The van der Waals surface area contributed by atoms with Crippen LogP contribution in [0.2, 0.25) is 0 Å². The van der Waals surface area contributed by atoms with E-state index in [0.29, 0.717) is 11.7 Å². The van der Waals surface area contributed by atoms with Gasteiger partial charge in [-0.05, 0) is 72.3 Å². The van der Waals surface area contributed by atoms with E-state index in [1.807, 2.05) is 0 Å². The van der Waals surface area contributed by atoms with Crippen molar-refractivity contribution in [1.82, 2.24) is 0 Å². The number of fused-ring (bicyclic) bond motifs is 6. The van der Waals surface area contributed by atoms with Crippen molar-refractivity contribution in [1.29, 1.82) is 0 Å². The average Bonchev–Trinajstić information content (AvgIpc) is 2.96. The smallest absolute Gasteiger partial charge is 0.164 e. The van der Waals surface area contributed by atoms with E-state index >= 15 is 0 Å². The van der Waals surface area contributed by atoms with E-state index in [1.165, 1.54) is 48.8 Å². The maximum Gasteiger partial charge on any atom is 0.164 e. The molecule has 3 aliphatic rings. The first-order valence-electron chi connectivity index (χ1n) is 7.00. The number of Topliss-reactive ketones (excluding diaryl/α,β-unsaturated/α-hetero) is 1. The molecule has 3 aliphatic carbocycles. The van der Waals surface area contributed by atoms with E-state index in [9.17, 15) is 4.79 Å². The summed E-state index contributed by atoms with van der Waals surface area (Å²) >= 11 is 0. The van der Waals surface area contributed by atoms with Gasteiger partial charge in [-0.25, -0.2) is 0 Å². The third-order valence-electron chi connectivity index (χ3n) is 4.96. The van der Waals surface area contributed by atoms with Crippen molar-refractivity contribution in [2.75, 3.05) is 0 Å². The van der Waals surface area contributed by atoms with Crippen molar-refractivity contribution in [2.24, 2.45) is 0 Å². The van der Waals surface area contributed by atoms with E-state index in [0.717, 1.165) is 12.8 Å². The number of carbonyl (C=O) groups is 1. The summed E-state index contributed by atoms with van der Waals surface area (Å²) in [6.45, 7) is 2.24. The van der Waals surface area contributed by atoms with Crippen LogP contribution in [-0.4, -0.2) is 5.78 Å². The minimum atomic E-state index is 0.431. The highest BCUT2D eigenvalue weighted by atomic mass is 16.1. The van der Waals surface area contributed by atoms with Gasteiger partial charge in [0.2, 0.25) is 0 Å². The van der Waals surface area contributed by atoms with Crippen LogP contribution < -0.4 is 0 Å². The van der Waals surface area contributed by atoms with Gasteiger partial charge in [-0.15, -0.1) is 0 Å². The summed E-state index contributed by atoms with van der Waals surface area (Å²) < 4.78 is 0. The summed E-state index contributed by atoms with van der Waals surface area (Å²) in [4.78, 5) is 12.2. The molecule has 0 heterocycles. The molecule has 17 heavy (non-hydrogen) atoms. The topological polar surface area (TPSA) is 17.1 Å². The molecule has 1 heteroatoms. The predicted octanol–water partition coefficient (Wildman–Crippen LogP) is 3.35. The lowest BCUT2D eigenvalue weighted by Gasteiger charge is -2.16. The molecule has 1 aromatic rings. The maximum absolute atomic E-state index is 12.2. The van der Waals surface area contributed by atoms with Gasteiger partial charge in [0.1, 0.15) is 0 Å². The van der Waals surface area contributed by atoms with Crippen LogP contribution in [0.25, 0.3) is 0 Å². The SMILES string of the molecule is CC1CC(=O)c2c3c(c4c(c21)CCC4)CCC3. The molecule has 0 bridgehead atoms. The summed E-state index contributed by atoms with van der Waals surface area (Å²) in [6.07, 6.45) is 8.21. The van der Waals surface area contributed by atoms with Crippen LogP contribution in [0.3, 0.4) is 0 Å². The number of carbonyl (C=O) groups excluding carboxylic acids is 1. The molecule has 0 saturated carbocycles. The Kier molecular flexibility index (Phi) is 1.87. The Hall–Kier alpha value is -1.11. The number of rotatable bonds is 0. The van der Waals surface area contributed by atoms with Gasteiger partial charge in [-0.1, -0.05) is 6.92 Å². The number of ketones is 1. The fraction of sp³-hybridized carbons (Fsp3) is 0.562. The van der Waals surface area contributed by atoms with Gasteiger partial charge in [-0.2, -0.15) is 0 Å². The first-order valence-corrected chi connectivity index (χ1v) is 7.00. The largest absolute Gasteiger partial charge is 0.294 e. The van der Waals surface area contributed by atoms with E-state index in [4.69, 9.17) is 0 Å². The highest BCUT2D eigenvalue weighted by Crippen LogP contribution is 2.46. The molecular formula is C16H18O. The molecule has 1 nitrogen and oxygen atoms in total. The maximum atomic E-state index is 12.2. The van der Waals surface area contributed by atoms with Gasteiger partial charge in [0.15, 0.2) is 5.78 Å². The molecule has 1 unspecified atom stereocenters. The molecule has 0 amide bonds. The third-order valence-corrected chi connectivity index (χ3v) is 4.96. The summed E-state index contributed by atoms with van der Waals surface area (Å²) in [7, 11) is 0. The van der Waals surface area contributed by atoms with Gasteiger partial charge in [0.25, 0.3) is 0 Å². The zero-order chi connectivity index (χ0) is 11.6. The van der Waals surface area contributed by atoms with Crippen LogP contribution in [0.5, 0.6) is 0 Å². The normalized spacial score (nSPS) is 25.0. The van der Waals surface area contributed by atoms with Crippen LogP contribution in [0, 0.1) is 0 Å². The Balaban J connectivity index is 2.11. The number of hydrogen-bond donors (Lipinski definition) is 0. The van der Waals surface area contributed by atoms with Gasteiger partial charge >= 0.3 is 0 Å². The summed E-state index contributed by atoms with van der Waals surface area (Å²) in [5.41, 5.74) is 8.90. The van der Waals surface area contributed by atoms with Gasteiger partial charge in [0, 0.05) is 12.0 Å². The standard InChI is InChI=1S/C16H18O/c1-9-8-14(17)16-13-7-3-5-11(13)10-4-2-6-12(10)15(9)16/h9H,2-8H2,1H3. The van der Waals surface area contributed by atoms with Crippen molar-refractivity contribution in [3.8, 4) is 0 Å². The second-order valence-corrected chi connectivity index (χ2v) is 5.94. The van der Waals surface area contributed by atoms with E-state index in [2.05, 4.69) is 6.92 Å². The second kappa shape index (κ2) is 3.22. The lowest BCUT2D eigenvalue weighted by molar-refractivity contribution is 0.0989. The fourth-order valence-corrected chi connectivity index (χ4v) is 4.38. The number of hydrogen-bond acceptors (Lipinski definition) is 1. The van der Waals surface area contributed by atoms with E-state index in [-0.39, 0.29) is 0 Å². The van der Waals surface area contributed by atoms with Crippen LogP contribution in [0.4, 0.5) is 0 Å². The van der Waals surface area contributed by atoms with Crippen molar-refractivity contribution >= 4 is 5.78 Å². The Morgan fingerprint density at radius 1 is 0.882 bits per heavy atom. The van der Waals surface area contributed by atoms with Crippen molar-refractivity contribution < 1.29 is 4.79 Å². The molecule has 1 atom stereocenters.